The number of para-hydroxylation sites is 1. The van der Waals surface area contributed by atoms with E-state index < -0.39 is 0 Å². The average Bonchev–Trinajstić information content (AvgIpc) is 2.86. The normalized spacial score (nSPS) is 10.4. The van der Waals surface area contributed by atoms with Gasteiger partial charge in [-0.3, -0.25) is 4.79 Å². The van der Waals surface area contributed by atoms with Crippen LogP contribution in [0.15, 0.2) is 60.7 Å². The molecule has 0 saturated heterocycles. The van der Waals surface area contributed by atoms with Crippen LogP contribution in [0, 0.1) is 0 Å². The Morgan fingerprint density at radius 3 is 2.15 bits per heavy atom. The SMILES string of the molecule is O=Cc1c(-c2ccccc2)nn(-c2ccccc2)c1Cl. The minimum atomic E-state index is 0.324. The Morgan fingerprint density at radius 1 is 0.950 bits per heavy atom. The van der Waals surface area contributed by atoms with Crippen molar-refractivity contribution in [1.82, 2.24) is 9.78 Å². The summed E-state index contributed by atoms with van der Waals surface area (Å²) < 4.78 is 1.58. The molecule has 0 amide bonds. The second-order valence-corrected chi connectivity index (χ2v) is 4.64. The topological polar surface area (TPSA) is 34.9 Å². The molecule has 1 aromatic heterocycles. The summed E-state index contributed by atoms with van der Waals surface area (Å²) in [6.45, 7) is 0. The molecule has 0 N–H and O–H groups in total. The lowest BCUT2D eigenvalue weighted by Crippen LogP contribution is -1.96. The zero-order valence-electron chi connectivity index (χ0n) is 10.5. The summed E-state index contributed by atoms with van der Waals surface area (Å²) in [7, 11) is 0. The van der Waals surface area contributed by atoms with Crippen molar-refractivity contribution in [1.29, 1.82) is 0 Å². The summed E-state index contributed by atoms with van der Waals surface area (Å²) in [4.78, 5) is 11.3. The minimum Gasteiger partial charge on any atom is -0.298 e. The summed E-state index contributed by atoms with van der Waals surface area (Å²) in [6.07, 6.45) is 0.747. The van der Waals surface area contributed by atoms with Gasteiger partial charge >= 0.3 is 0 Å². The largest absolute Gasteiger partial charge is 0.298 e. The van der Waals surface area contributed by atoms with E-state index in [9.17, 15) is 4.79 Å². The number of halogens is 1. The van der Waals surface area contributed by atoms with Crippen LogP contribution in [0.1, 0.15) is 10.4 Å². The molecular weight excluding hydrogens is 272 g/mol. The number of aldehydes is 1. The van der Waals surface area contributed by atoms with Gasteiger partial charge in [0, 0.05) is 5.56 Å². The number of rotatable bonds is 3. The molecule has 20 heavy (non-hydrogen) atoms. The van der Waals surface area contributed by atoms with E-state index in [0.717, 1.165) is 17.5 Å². The maximum atomic E-state index is 11.3. The fourth-order valence-corrected chi connectivity index (χ4v) is 2.33. The summed E-state index contributed by atoms with van der Waals surface area (Å²) in [5.74, 6) is 0. The third kappa shape index (κ3) is 2.12. The van der Waals surface area contributed by atoms with Crippen molar-refractivity contribution in [2.75, 3.05) is 0 Å². The third-order valence-corrected chi connectivity index (χ3v) is 3.39. The van der Waals surface area contributed by atoms with Crippen molar-refractivity contribution in [2.24, 2.45) is 0 Å². The van der Waals surface area contributed by atoms with Crippen LogP contribution in [0.4, 0.5) is 0 Å². The smallest absolute Gasteiger partial charge is 0.155 e. The van der Waals surface area contributed by atoms with Gasteiger partial charge in [0.1, 0.15) is 10.8 Å². The van der Waals surface area contributed by atoms with E-state index in [4.69, 9.17) is 11.6 Å². The minimum absolute atomic E-state index is 0.324. The summed E-state index contributed by atoms with van der Waals surface area (Å²) in [5, 5.41) is 4.80. The van der Waals surface area contributed by atoms with Crippen LogP contribution < -0.4 is 0 Å². The highest BCUT2D eigenvalue weighted by Crippen LogP contribution is 2.29. The predicted octanol–water partition coefficient (Wildman–Crippen LogP) is 4.01. The fraction of sp³-hybridized carbons (Fsp3) is 0. The second-order valence-electron chi connectivity index (χ2n) is 4.28. The fourth-order valence-electron chi connectivity index (χ4n) is 2.06. The molecule has 3 nitrogen and oxygen atoms in total. The number of nitrogens with zero attached hydrogens (tertiary/aromatic N) is 2. The van der Waals surface area contributed by atoms with E-state index in [-0.39, 0.29) is 0 Å². The Kier molecular flexibility index (Phi) is 3.35. The van der Waals surface area contributed by atoms with Gasteiger partial charge in [-0.25, -0.2) is 4.68 Å². The van der Waals surface area contributed by atoms with Gasteiger partial charge in [0.05, 0.1) is 11.3 Å². The van der Waals surface area contributed by atoms with E-state index in [1.807, 2.05) is 60.7 Å². The van der Waals surface area contributed by atoms with Crippen LogP contribution in [0.5, 0.6) is 0 Å². The molecule has 0 aliphatic carbocycles. The van der Waals surface area contributed by atoms with Crippen LogP contribution in [0.2, 0.25) is 5.15 Å². The Morgan fingerprint density at radius 2 is 1.55 bits per heavy atom. The van der Waals surface area contributed by atoms with Crippen LogP contribution in [0.25, 0.3) is 16.9 Å². The molecular formula is C16H11ClN2O. The first-order valence-corrected chi connectivity index (χ1v) is 6.53. The van der Waals surface area contributed by atoms with E-state index >= 15 is 0 Å². The van der Waals surface area contributed by atoms with Crippen LogP contribution >= 0.6 is 11.6 Å². The molecule has 98 valence electrons. The van der Waals surface area contributed by atoms with Crippen molar-refractivity contribution in [3.05, 3.63) is 71.4 Å². The van der Waals surface area contributed by atoms with Gasteiger partial charge in [-0.05, 0) is 12.1 Å². The van der Waals surface area contributed by atoms with Crippen molar-refractivity contribution in [3.63, 3.8) is 0 Å². The molecule has 0 fully saturated rings. The molecule has 0 atom stereocenters. The lowest BCUT2D eigenvalue weighted by molar-refractivity contribution is 0.112. The number of benzene rings is 2. The Hall–Kier alpha value is -2.39. The number of carbonyl (C=O) groups is 1. The molecule has 0 radical (unpaired) electrons. The third-order valence-electron chi connectivity index (χ3n) is 3.03. The Bertz CT molecular complexity index is 736. The maximum Gasteiger partial charge on any atom is 0.155 e. The first-order valence-electron chi connectivity index (χ1n) is 6.16. The van der Waals surface area contributed by atoms with Gasteiger partial charge in [-0.1, -0.05) is 60.1 Å². The molecule has 0 aliphatic heterocycles. The van der Waals surface area contributed by atoms with Gasteiger partial charge in [-0.15, -0.1) is 0 Å². The number of carbonyl (C=O) groups excluding carboxylic acids is 1. The molecule has 0 bridgehead atoms. The first kappa shape index (κ1) is 12.6. The number of hydrogen-bond acceptors (Lipinski definition) is 2. The van der Waals surface area contributed by atoms with Crippen LogP contribution in [0.3, 0.4) is 0 Å². The van der Waals surface area contributed by atoms with Gasteiger partial charge < -0.3 is 0 Å². The zero-order valence-corrected chi connectivity index (χ0v) is 11.3. The molecule has 4 heteroatoms. The standard InChI is InChI=1S/C16H11ClN2O/c17-16-14(11-20)15(12-7-3-1-4-8-12)18-19(16)13-9-5-2-6-10-13/h1-11H. The van der Waals surface area contributed by atoms with Gasteiger partial charge in [0.2, 0.25) is 0 Å². The van der Waals surface area contributed by atoms with E-state index in [1.165, 1.54) is 0 Å². The Labute approximate surface area is 121 Å². The van der Waals surface area contributed by atoms with Gasteiger partial charge in [0.25, 0.3) is 0 Å². The zero-order chi connectivity index (χ0) is 13.9. The monoisotopic (exact) mass is 282 g/mol. The number of aromatic nitrogens is 2. The quantitative estimate of drug-likeness (QED) is 0.681. The molecule has 0 saturated carbocycles. The van der Waals surface area contributed by atoms with Gasteiger partial charge in [-0.2, -0.15) is 5.10 Å². The number of hydrogen-bond donors (Lipinski definition) is 0. The molecule has 0 spiro atoms. The van der Waals surface area contributed by atoms with Crippen molar-refractivity contribution in [3.8, 4) is 16.9 Å². The average molecular weight is 283 g/mol. The maximum absolute atomic E-state index is 11.3. The van der Waals surface area contributed by atoms with E-state index in [0.29, 0.717) is 16.4 Å². The highest BCUT2D eigenvalue weighted by atomic mass is 35.5. The van der Waals surface area contributed by atoms with Crippen LogP contribution in [-0.2, 0) is 0 Å². The predicted molar refractivity (Wildman–Crippen MR) is 79.4 cm³/mol. The molecule has 3 aromatic rings. The lowest BCUT2D eigenvalue weighted by Gasteiger charge is -2.01. The van der Waals surface area contributed by atoms with Crippen LogP contribution in [-0.4, -0.2) is 16.1 Å². The van der Waals surface area contributed by atoms with E-state index in [1.54, 1.807) is 4.68 Å². The Balaban J connectivity index is 2.21. The molecule has 0 aliphatic rings. The molecule has 2 aromatic carbocycles. The molecule has 3 rings (SSSR count). The van der Waals surface area contributed by atoms with Gasteiger partial charge in [0.15, 0.2) is 6.29 Å². The van der Waals surface area contributed by atoms with E-state index in [2.05, 4.69) is 5.10 Å². The highest BCUT2D eigenvalue weighted by Gasteiger charge is 2.17. The summed E-state index contributed by atoms with van der Waals surface area (Å²) in [6, 6.07) is 19.0. The highest BCUT2D eigenvalue weighted by molar-refractivity contribution is 6.32. The van der Waals surface area contributed by atoms with Crippen molar-refractivity contribution < 1.29 is 4.79 Å². The summed E-state index contributed by atoms with van der Waals surface area (Å²) in [5.41, 5.74) is 2.69. The second kappa shape index (κ2) is 5.31. The first-order chi connectivity index (χ1) is 9.81. The lowest BCUT2D eigenvalue weighted by atomic mass is 10.1. The van der Waals surface area contributed by atoms with Crippen molar-refractivity contribution >= 4 is 17.9 Å². The summed E-state index contributed by atoms with van der Waals surface area (Å²) >= 11 is 6.28. The molecule has 1 heterocycles. The molecule has 0 unspecified atom stereocenters. The van der Waals surface area contributed by atoms with Crippen molar-refractivity contribution in [2.45, 2.75) is 0 Å².